The maximum absolute atomic E-state index is 9.25. The Morgan fingerprint density at radius 1 is 1.10 bits per heavy atom. The second-order valence-electron chi connectivity index (χ2n) is 5.10. The number of benzene rings is 1. The molecule has 1 atom stereocenters. The van der Waals surface area contributed by atoms with Crippen molar-refractivity contribution in [3.05, 3.63) is 46.9 Å². The van der Waals surface area contributed by atoms with E-state index < -0.39 is 0 Å². The second kappa shape index (κ2) is 9.42. The van der Waals surface area contributed by atoms with Crippen LogP contribution in [0, 0.1) is 0 Å². The fourth-order valence-electron chi connectivity index (χ4n) is 1.79. The molecule has 4 nitrogen and oxygen atoms in total. The van der Waals surface area contributed by atoms with Crippen LogP contribution in [0.5, 0.6) is 0 Å². The molecule has 0 spiro atoms. The number of aliphatic hydroxyl groups excluding tert-OH is 2. The van der Waals surface area contributed by atoms with E-state index in [1.165, 1.54) is 0 Å². The molecule has 1 rings (SSSR count). The first-order chi connectivity index (χ1) is 10.1. The van der Waals surface area contributed by atoms with Gasteiger partial charge in [-0.1, -0.05) is 31.2 Å². The highest BCUT2D eigenvalue weighted by Crippen LogP contribution is 2.12. The third-order valence-electron chi connectivity index (χ3n) is 3.38. The Kier molecular flexibility index (Phi) is 7.87. The minimum atomic E-state index is 0.110. The van der Waals surface area contributed by atoms with E-state index in [0.717, 1.165) is 17.5 Å². The average Bonchev–Trinajstić information content (AvgIpc) is 2.49. The Hall–Kier alpha value is -1.52. The Morgan fingerprint density at radius 2 is 1.67 bits per heavy atom. The maximum atomic E-state index is 9.25. The van der Waals surface area contributed by atoms with Crippen LogP contribution in [0.15, 0.2) is 35.8 Å². The molecule has 1 aromatic carbocycles. The van der Waals surface area contributed by atoms with E-state index in [4.69, 9.17) is 14.6 Å². The molecule has 0 amide bonds. The third-order valence-corrected chi connectivity index (χ3v) is 3.38. The molecule has 118 valence electrons. The highest BCUT2D eigenvalue weighted by Gasteiger charge is 2.06. The van der Waals surface area contributed by atoms with Gasteiger partial charge in [0.25, 0.3) is 0 Å². The van der Waals surface area contributed by atoms with Crippen LogP contribution in [0.25, 0.3) is 0 Å². The zero-order valence-corrected chi connectivity index (χ0v) is 13.1. The predicted molar refractivity (Wildman–Crippen MR) is 82.8 cm³/mol. The third kappa shape index (κ3) is 6.65. The molecule has 0 fully saturated rings. The summed E-state index contributed by atoms with van der Waals surface area (Å²) in [7, 11) is 0. The molecule has 21 heavy (non-hydrogen) atoms. The van der Waals surface area contributed by atoms with Gasteiger partial charge in [-0.25, -0.2) is 0 Å². The summed E-state index contributed by atoms with van der Waals surface area (Å²) in [6.07, 6.45) is 1.69. The molecule has 0 saturated heterocycles. The summed E-state index contributed by atoms with van der Waals surface area (Å²) >= 11 is 0. The van der Waals surface area contributed by atoms with Crippen LogP contribution < -0.4 is 0 Å². The van der Waals surface area contributed by atoms with Crippen molar-refractivity contribution in [3.63, 3.8) is 0 Å². The molecule has 4 heteroatoms. The molecule has 1 aromatic rings. The molecule has 0 bridgehead atoms. The van der Waals surface area contributed by atoms with Crippen molar-refractivity contribution in [1.29, 1.82) is 0 Å². The van der Waals surface area contributed by atoms with Gasteiger partial charge in [-0.2, -0.15) is 0 Å². The number of ether oxygens (including phenoxy) is 2. The van der Waals surface area contributed by atoms with Crippen molar-refractivity contribution in [2.75, 3.05) is 6.61 Å². The largest absolute Gasteiger partial charge is 0.509 e. The van der Waals surface area contributed by atoms with Gasteiger partial charge in [0.2, 0.25) is 0 Å². The average molecular weight is 294 g/mol. The summed E-state index contributed by atoms with van der Waals surface area (Å²) in [5.74, 6) is 0.742. The fourth-order valence-corrected chi connectivity index (χ4v) is 1.79. The van der Waals surface area contributed by atoms with Gasteiger partial charge in [-0.05, 0) is 37.8 Å². The number of aliphatic hydroxyl groups is 2. The monoisotopic (exact) mass is 294 g/mol. The molecule has 0 aliphatic carbocycles. The number of hydrogen-bond donors (Lipinski definition) is 2. The van der Waals surface area contributed by atoms with Gasteiger partial charge in [-0.3, -0.25) is 0 Å². The fraction of sp³-hybridized carbons (Fsp3) is 0.529. The van der Waals surface area contributed by atoms with Gasteiger partial charge in [0.1, 0.15) is 18.1 Å². The Morgan fingerprint density at radius 3 is 2.14 bits per heavy atom. The first-order valence-electron chi connectivity index (χ1n) is 7.36. The minimum absolute atomic E-state index is 0.110. The summed E-state index contributed by atoms with van der Waals surface area (Å²) < 4.78 is 11.2. The van der Waals surface area contributed by atoms with Crippen molar-refractivity contribution >= 4 is 0 Å². The van der Waals surface area contributed by atoms with Crippen LogP contribution in [0.1, 0.15) is 44.7 Å². The van der Waals surface area contributed by atoms with Crippen molar-refractivity contribution in [2.24, 2.45) is 0 Å². The number of rotatable bonds is 9. The topological polar surface area (TPSA) is 58.9 Å². The molecule has 0 heterocycles. The zero-order valence-electron chi connectivity index (χ0n) is 13.1. The zero-order chi connectivity index (χ0) is 15.7. The molecule has 2 N–H and O–H groups in total. The van der Waals surface area contributed by atoms with E-state index >= 15 is 0 Å². The van der Waals surface area contributed by atoms with E-state index in [2.05, 4.69) is 6.92 Å². The second-order valence-corrected chi connectivity index (χ2v) is 5.10. The van der Waals surface area contributed by atoms with Crippen molar-refractivity contribution in [1.82, 2.24) is 0 Å². The SMILES string of the molecule is CCC(CCO)OCc1ccc(CO/C(C)=C(\C)O)cc1. The van der Waals surface area contributed by atoms with Crippen LogP contribution in [-0.4, -0.2) is 22.9 Å². The van der Waals surface area contributed by atoms with Gasteiger partial charge >= 0.3 is 0 Å². The standard InChI is InChI=1S/C17H26O4/c1-4-17(9-10-18)21-12-16-7-5-15(6-8-16)11-20-14(3)13(2)19/h5-8,17-19H,4,9-12H2,1-3H3/b14-13+. The van der Waals surface area contributed by atoms with Gasteiger partial charge < -0.3 is 19.7 Å². The number of hydrogen-bond acceptors (Lipinski definition) is 4. The first-order valence-corrected chi connectivity index (χ1v) is 7.36. The summed E-state index contributed by atoms with van der Waals surface area (Å²) in [6, 6.07) is 8.00. The van der Waals surface area contributed by atoms with E-state index in [-0.39, 0.29) is 18.5 Å². The highest BCUT2D eigenvalue weighted by atomic mass is 16.5. The van der Waals surface area contributed by atoms with E-state index in [1.54, 1.807) is 13.8 Å². The molecule has 0 radical (unpaired) electrons. The number of allylic oxidation sites excluding steroid dienone is 2. The molecule has 0 aliphatic rings. The Balaban J connectivity index is 2.45. The maximum Gasteiger partial charge on any atom is 0.130 e. The quantitative estimate of drug-likeness (QED) is 0.682. The summed E-state index contributed by atoms with van der Waals surface area (Å²) in [5.41, 5.74) is 2.14. The van der Waals surface area contributed by atoms with Crippen molar-refractivity contribution < 1.29 is 19.7 Å². The lowest BCUT2D eigenvalue weighted by Gasteiger charge is -2.15. The first kappa shape index (κ1) is 17.5. The lowest BCUT2D eigenvalue weighted by atomic mass is 10.1. The lowest BCUT2D eigenvalue weighted by Crippen LogP contribution is -2.13. The van der Waals surface area contributed by atoms with Crippen LogP contribution >= 0.6 is 0 Å². The lowest BCUT2D eigenvalue weighted by molar-refractivity contribution is 0.0220. The highest BCUT2D eigenvalue weighted by molar-refractivity contribution is 5.21. The molecule has 0 aliphatic heterocycles. The Labute approximate surface area is 127 Å². The predicted octanol–water partition coefficient (Wildman–Crippen LogP) is 3.69. The van der Waals surface area contributed by atoms with Crippen LogP contribution in [-0.2, 0) is 22.7 Å². The van der Waals surface area contributed by atoms with Crippen LogP contribution in [0.3, 0.4) is 0 Å². The van der Waals surface area contributed by atoms with Gasteiger partial charge in [-0.15, -0.1) is 0 Å². The molecule has 0 saturated carbocycles. The van der Waals surface area contributed by atoms with Crippen LogP contribution in [0.4, 0.5) is 0 Å². The molecular formula is C17H26O4. The summed E-state index contributed by atoms with van der Waals surface area (Å²) in [5, 5.41) is 18.2. The Bertz CT molecular complexity index is 433. The molecule has 1 unspecified atom stereocenters. The van der Waals surface area contributed by atoms with E-state index in [1.807, 2.05) is 24.3 Å². The molecule has 0 aromatic heterocycles. The normalized spacial score (nSPS) is 13.7. The van der Waals surface area contributed by atoms with Gasteiger partial charge in [0, 0.05) is 6.61 Å². The minimum Gasteiger partial charge on any atom is -0.509 e. The van der Waals surface area contributed by atoms with Crippen LogP contribution in [0.2, 0.25) is 0 Å². The van der Waals surface area contributed by atoms with E-state index in [9.17, 15) is 5.11 Å². The smallest absolute Gasteiger partial charge is 0.130 e. The van der Waals surface area contributed by atoms with E-state index in [0.29, 0.717) is 25.4 Å². The summed E-state index contributed by atoms with van der Waals surface area (Å²) in [6.45, 7) is 6.54. The van der Waals surface area contributed by atoms with Crippen molar-refractivity contribution in [2.45, 2.75) is 52.9 Å². The van der Waals surface area contributed by atoms with Gasteiger partial charge in [0.15, 0.2) is 0 Å². The molecular weight excluding hydrogens is 268 g/mol. The van der Waals surface area contributed by atoms with Crippen molar-refractivity contribution in [3.8, 4) is 0 Å². The summed E-state index contributed by atoms with van der Waals surface area (Å²) in [4.78, 5) is 0. The van der Waals surface area contributed by atoms with Gasteiger partial charge in [0.05, 0.1) is 12.7 Å².